The van der Waals surface area contributed by atoms with Gasteiger partial charge in [0.25, 0.3) is 0 Å². The highest BCUT2D eigenvalue weighted by Crippen LogP contribution is 2.16. The molecule has 0 saturated heterocycles. The third kappa shape index (κ3) is 1.60. The summed E-state index contributed by atoms with van der Waals surface area (Å²) in [4.78, 5) is 0. The number of alkyl halides is 1. The van der Waals surface area contributed by atoms with Gasteiger partial charge in [0.05, 0.1) is 5.88 Å². The zero-order chi connectivity index (χ0) is 6.69. The van der Waals surface area contributed by atoms with E-state index in [0.717, 1.165) is 12.2 Å². The summed E-state index contributed by atoms with van der Waals surface area (Å²) in [6, 6.07) is 0. The first-order valence-corrected chi connectivity index (χ1v) is 3.52. The van der Waals surface area contributed by atoms with Crippen molar-refractivity contribution in [1.82, 2.24) is 0 Å². The van der Waals surface area contributed by atoms with Crippen LogP contribution in [0.15, 0.2) is 11.8 Å². The lowest BCUT2D eigenvalue weighted by molar-refractivity contribution is 0.153. The summed E-state index contributed by atoms with van der Waals surface area (Å²) in [7, 11) is 0. The summed E-state index contributed by atoms with van der Waals surface area (Å²) in [6.45, 7) is 0.580. The van der Waals surface area contributed by atoms with Crippen LogP contribution in [0, 0.1) is 0 Å². The molecule has 1 aliphatic rings. The molecule has 0 amide bonds. The van der Waals surface area contributed by atoms with Crippen molar-refractivity contribution in [3.63, 3.8) is 0 Å². The first kappa shape index (κ1) is 6.90. The van der Waals surface area contributed by atoms with Gasteiger partial charge in [-0.15, -0.1) is 11.6 Å². The predicted octanol–water partition coefficient (Wildman–Crippen LogP) is 0.857. The zero-order valence-electron chi connectivity index (χ0n) is 5.14. The topological polar surface area (TPSA) is 35.2 Å². The van der Waals surface area contributed by atoms with Crippen molar-refractivity contribution in [2.24, 2.45) is 5.73 Å². The molecule has 1 rings (SSSR count). The highest BCUT2D eigenvalue weighted by molar-refractivity contribution is 6.19. The van der Waals surface area contributed by atoms with Crippen LogP contribution in [-0.2, 0) is 4.74 Å². The molecule has 2 nitrogen and oxygen atoms in total. The molecule has 0 saturated carbocycles. The van der Waals surface area contributed by atoms with Gasteiger partial charge in [-0.1, -0.05) is 0 Å². The molecule has 0 aliphatic carbocycles. The normalized spacial score (nSPS) is 25.6. The second-order valence-corrected chi connectivity index (χ2v) is 2.28. The molecule has 0 aromatic heterocycles. The Morgan fingerprint density at radius 1 is 1.89 bits per heavy atom. The molecule has 2 N–H and O–H groups in total. The molecule has 0 radical (unpaired) electrons. The van der Waals surface area contributed by atoms with Crippen LogP contribution in [0.2, 0.25) is 0 Å². The molecule has 0 bridgehead atoms. The molecule has 1 unspecified atom stereocenters. The van der Waals surface area contributed by atoms with Gasteiger partial charge in [0.15, 0.2) is 0 Å². The van der Waals surface area contributed by atoms with Gasteiger partial charge < -0.3 is 10.5 Å². The molecule has 0 spiro atoms. The van der Waals surface area contributed by atoms with E-state index in [0.29, 0.717) is 12.4 Å². The van der Waals surface area contributed by atoms with Crippen LogP contribution in [0.5, 0.6) is 0 Å². The molecule has 0 aromatic carbocycles. The second kappa shape index (κ2) is 3.08. The lowest BCUT2D eigenvalue weighted by atomic mass is 10.3. The lowest BCUT2D eigenvalue weighted by Gasteiger charge is -2.07. The molecule has 1 aliphatic heterocycles. The summed E-state index contributed by atoms with van der Waals surface area (Å²) >= 11 is 5.50. The van der Waals surface area contributed by atoms with Crippen LogP contribution in [0.4, 0.5) is 0 Å². The number of ether oxygens (including phenoxy) is 1. The van der Waals surface area contributed by atoms with E-state index in [4.69, 9.17) is 22.1 Å². The minimum absolute atomic E-state index is 0.179. The van der Waals surface area contributed by atoms with Crippen LogP contribution in [-0.4, -0.2) is 18.5 Å². The molecule has 9 heavy (non-hydrogen) atoms. The minimum Gasteiger partial charge on any atom is -0.492 e. The van der Waals surface area contributed by atoms with Crippen LogP contribution >= 0.6 is 11.6 Å². The summed E-state index contributed by atoms with van der Waals surface area (Å²) in [6.07, 6.45) is 3.09. The molecular weight excluding hydrogens is 138 g/mol. The largest absolute Gasteiger partial charge is 0.492 e. The van der Waals surface area contributed by atoms with Gasteiger partial charge in [0.2, 0.25) is 0 Å². The average molecular weight is 148 g/mol. The summed E-state index contributed by atoms with van der Waals surface area (Å²) in [5, 5.41) is 0. The van der Waals surface area contributed by atoms with Gasteiger partial charge in [-0.2, -0.15) is 0 Å². The maximum atomic E-state index is 5.50. The van der Waals surface area contributed by atoms with Crippen molar-refractivity contribution < 1.29 is 4.74 Å². The van der Waals surface area contributed by atoms with E-state index in [1.54, 1.807) is 0 Å². The quantitative estimate of drug-likeness (QED) is 0.588. The van der Waals surface area contributed by atoms with Crippen LogP contribution in [0.1, 0.15) is 6.42 Å². The molecule has 0 fully saturated rings. The van der Waals surface area contributed by atoms with Gasteiger partial charge in [0.1, 0.15) is 11.9 Å². The van der Waals surface area contributed by atoms with E-state index in [1.807, 2.05) is 6.08 Å². The maximum Gasteiger partial charge on any atom is 0.114 e. The number of hydrogen-bond acceptors (Lipinski definition) is 2. The Balaban J connectivity index is 2.31. The van der Waals surface area contributed by atoms with E-state index in [1.165, 1.54) is 0 Å². The van der Waals surface area contributed by atoms with Crippen molar-refractivity contribution >= 4 is 11.6 Å². The number of hydrogen-bond donors (Lipinski definition) is 1. The van der Waals surface area contributed by atoms with E-state index < -0.39 is 0 Å². The van der Waals surface area contributed by atoms with E-state index in [2.05, 4.69) is 0 Å². The van der Waals surface area contributed by atoms with Gasteiger partial charge in [0, 0.05) is 13.0 Å². The fourth-order valence-electron chi connectivity index (χ4n) is 0.804. The van der Waals surface area contributed by atoms with Gasteiger partial charge in [-0.25, -0.2) is 0 Å². The fourth-order valence-corrected chi connectivity index (χ4v) is 0.976. The maximum absolute atomic E-state index is 5.50. The fraction of sp³-hybridized carbons (Fsp3) is 0.667. The first-order valence-electron chi connectivity index (χ1n) is 2.98. The second-order valence-electron chi connectivity index (χ2n) is 2.02. The Hall–Kier alpha value is -0.210. The molecule has 0 aromatic rings. The average Bonchev–Trinajstić information content (AvgIpc) is 2.34. The summed E-state index contributed by atoms with van der Waals surface area (Å²) in [5.41, 5.74) is 5.35. The summed E-state index contributed by atoms with van der Waals surface area (Å²) < 4.78 is 5.26. The zero-order valence-corrected chi connectivity index (χ0v) is 5.90. The summed E-state index contributed by atoms with van der Waals surface area (Å²) in [5.74, 6) is 1.34. The number of halogens is 1. The highest BCUT2D eigenvalue weighted by Gasteiger charge is 2.14. The van der Waals surface area contributed by atoms with Crippen LogP contribution in [0.3, 0.4) is 0 Å². The van der Waals surface area contributed by atoms with E-state index in [9.17, 15) is 0 Å². The van der Waals surface area contributed by atoms with Crippen molar-refractivity contribution in [3.05, 3.63) is 11.8 Å². The third-order valence-corrected chi connectivity index (χ3v) is 1.58. The lowest BCUT2D eigenvalue weighted by Crippen LogP contribution is -2.19. The van der Waals surface area contributed by atoms with Crippen molar-refractivity contribution in [2.75, 3.05) is 12.4 Å². The molecular formula is C6H10ClNO. The standard InChI is InChI=1S/C6H10ClNO/c7-3-5-1-2-6(4-8)9-5/h1,6H,2-4,8H2. The predicted molar refractivity (Wildman–Crippen MR) is 37.3 cm³/mol. The van der Waals surface area contributed by atoms with Crippen LogP contribution < -0.4 is 5.73 Å². The molecule has 1 atom stereocenters. The Morgan fingerprint density at radius 3 is 3.00 bits per heavy atom. The first-order chi connectivity index (χ1) is 4.36. The Bertz CT molecular complexity index is 124. The van der Waals surface area contributed by atoms with Gasteiger partial charge in [-0.3, -0.25) is 0 Å². The minimum atomic E-state index is 0.179. The van der Waals surface area contributed by atoms with Crippen LogP contribution in [0.25, 0.3) is 0 Å². The highest BCUT2D eigenvalue weighted by atomic mass is 35.5. The molecule has 52 valence electrons. The number of allylic oxidation sites excluding steroid dienone is 1. The van der Waals surface area contributed by atoms with Gasteiger partial charge >= 0.3 is 0 Å². The SMILES string of the molecule is NCC1CC=C(CCl)O1. The Kier molecular flexibility index (Phi) is 2.37. The van der Waals surface area contributed by atoms with Gasteiger partial charge in [-0.05, 0) is 6.08 Å². The molecule has 3 heteroatoms. The third-order valence-electron chi connectivity index (χ3n) is 1.32. The monoisotopic (exact) mass is 147 g/mol. The Morgan fingerprint density at radius 2 is 2.67 bits per heavy atom. The Labute approximate surface area is 59.6 Å². The smallest absolute Gasteiger partial charge is 0.114 e. The number of rotatable bonds is 2. The van der Waals surface area contributed by atoms with Crippen molar-refractivity contribution in [3.8, 4) is 0 Å². The molecule has 1 heterocycles. The van der Waals surface area contributed by atoms with Crippen molar-refractivity contribution in [1.29, 1.82) is 0 Å². The van der Waals surface area contributed by atoms with E-state index >= 15 is 0 Å². The van der Waals surface area contributed by atoms with Crippen molar-refractivity contribution in [2.45, 2.75) is 12.5 Å². The van der Waals surface area contributed by atoms with E-state index in [-0.39, 0.29) is 6.10 Å². The number of nitrogens with two attached hydrogens (primary N) is 1.